The molecular formula is C29H31Na2O16P. The summed E-state index contributed by atoms with van der Waals surface area (Å²) in [4.78, 5) is 36.5. The molecule has 0 radical (unpaired) electrons. The molecule has 3 saturated heterocycles. The average molecular weight is 713 g/mol. The summed E-state index contributed by atoms with van der Waals surface area (Å²) in [6.45, 7) is 1.68. The van der Waals surface area contributed by atoms with Gasteiger partial charge in [0, 0.05) is 11.8 Å². The summed E-state index contributed by atoms with van der Waals surface area (Å²) in [7, 11) is -2.99. The largest absolute Gasteiger partial charge is 1.00 e. The fourth-order valence-corrected chi connectivity index (χ4v) is 7.33. The molecule has 48 heavy (non-hydrogen) atoms. The van der Waals surface area contributed by atoms with Crippen LogP contribution in [0.5, 0.6) is 28.7 Å². The molecule has 10 atom stereocenters. The van der Waals surface area contributed by atoms with Crippen molar-refractivity contribution in [1.82, 2.24) is 0 Å². The van der Waals surface area contributed by atoms with Crippen molar-refractivity contribution >= 4 is 13.8 Å². The number of carbonyl (C=O) groups is 1. The monoisotopic (exact) mass is 712 g/mol. The smallest absolute Gasteiger partial charge is 0.780 e. The van der Waals surface area contributed by atoms with Crippen LogP contribution in [0.3, 0.4) is 0 Å². The maximum absolute atomic E-state index is 13.5. The SMILES string of the molecule is COc1cc([C@@H]2c3cc4c(cc3C(O[C@@H]3OC5CO[C@@H](C)OC5[C@H](O)[C@H]3O)[C@H]3COC(=O)[C@H]23)OCO4)cc(OC)c1OP(=O)([O-])[O-].[Na+].[Na+]. The molecule has 2 N–H and O–H groups in total. The number of phosphoric acid groups is 1. The van der Waals surface area contributed by atoms with Crippen molar-refractivity contribution in [2.45, 2.75) is 55.9 Å². The van der Waals surface area contributed by atoms with Gasteiger partial charge < -0.3 is 71.7 Å². The summed E-state index contributed by atoms with van der Waals surface area (Å²) < 4.78 is 67.5. The molecule has 0 saturated carbocycles. The predicted molar refractivity (Wildman–Crippen MR) is 145 cm³/mol. The molecule has 3 unspecified atom stereocenters. The van der Waals surface area contributed by atoms with Crippen molar-refractivity contribution in [3.05, 3.63) is 41.0 Å². The van der Waals surface area contributed by atoms with E-state index in [1.807, 2.05) is 0 Å². The van der Waals surface area contributed by atoms with E-state index in [2.05, 4.69) is 4.52 Å². The Morgan fingerprint density at radius 1 is 0.896 bits per heavy atom. The average Bonchev–Trinajstić information content (AvgIpc) is 3.64. The van der Waals surface area contributed by atoms with Crippen LogP contribution in [0.15, 0.2) is 24.3 Å². The first-order valence-electron chi connectivity index (χ1n) is 14.5. The molecule has 0 bridgehead atoms. The summed E-state index contributed by atoms with van der Waals surface area (Å²) in [6, 6.07) is 6.32. The van der Waals surface area contributed by atoms with Crippen molar-refractivity contribution in [1.29, 1.82) is 0 Å². The third kappa shape index (κ3) is 6.88. The fourth-order valence-electron chi connectivity index (χ4n) is 6.92. The predicted octanol–water partition coefficient (Wildman–Crippen LogP) is -6.15. The molecule has 19 heteroatoms. The number of rotatable bonds is 7. The van der Waals surface area contributed by atoms with Gasteiger partial charge in [-0.3, -0.25) is 4.79 Å². The van der Waals surface area contributed by atoms with Gasteiger partial charge in [-0.1, -0.05) is 0 Å². The van der Waals surface area contributed by atoms with E-state index >= 15 is 0 Å². The Balaban J connectivity index is 0.00000225. The van der Waals surface area contributed by atoms with Gasteiger partial charge in [0.25, 0.3) is 0 Å². The number of benzene rings is 2. The van der Waals surface area contributed by atoms with Crippen LogP contribution in [-0.2, 0) is 33.0 Å². The summed E-state index contributed by atoms with van der Waals surface area (Å²) in [5, 5.41) is 22.0. The van der Waals surface area contributed by atoms with Crippen LogP contribution in [0.2, 0.25) is 0 Å². The van der Waals surface area contributed by atoms with E-state index < -0.39 is 80.4 Å². The zero-order valence-electron chi connectivity index (χ0n) is 26.8. The molecular weight excluding hydrogens is 681 g/mol. The number of fused-ring (bicyclic) bond motifs is 4. The number of hydrogen-bond acceptors (Lipinski definition) is 16. The van der Waals surface area contributed by atoms with Gasteiger partial charge in [0.2, 0.25) is 12.5 Å². The van der Waals surface area contributed by atoms with Gasteiger partial charge in [-0.15, -0.1) is 0 Å². The molecule has 0 aromatic heterocycles. The molecule has 7 rings (SSSR count). The van der Waals surface area contributed by atoms with E-state index in [-0.39, 0.29) is 90.6 Å². The first-order valence-corrected chi connectivity index (χ1v) is 15.9. The third-order valence-corrected chi connectivity index (χ3v) is 9.34. The van der Waals surface area contributed by atoms with Gasteiger partial charge in [-0.25, -0.2) is 0 Å². The summed E-state index contributed by atoms with van der Waals surface area (Å²) in [6.07, 6.45) is -7.25. The Morgan fingerprint density at radius 2 is 1.54 bits per heavy atom. The number of methoxy groups -OCH3 is 2. The van der Waals surface area contributed by atoms with Crippen LogP contribution in [0.4, 0.5) is 0 Å². The minimum Gasteiger partial charge on any atom is -0.780 e. The second-order valence-electron chi connectivity index (χ2n) is 11.5. The number of cyclic esters (lactones) is 1. The maximum Gasteiger partial charge on any atom is 1.00 e. The molecule has 2 aromatic carbocycles. The van der Waals surface area contributed by atoms with Gasteiger partial charge in [0.05, 0.1) is 39.5 Å². The number of esters is 1. The van der Waals surface area contributed by atoms with E-state index in [1.165, 1.54) is 26.4 Å². The topological polar surface area (TPSA) is 213 Å². The first kappa shape index (κ1) is 38.1. The minimum atomic E-state index is -5.50. The third-order valence-electron chi connectivity index (χ3n) is 8.93. The number of carbonyl (C=O) groups excluding carboxylic acids is 1. The zero-order valence-corrected chi connectivity index (χ0v) is 31.7. The van der Waals surface area contributed by atoms with Crippen molar-refractivity contribution in [2.24, 2.45) is 11.8 Å². The molecule has 1 aliphatic carbocycles. The van der Waals surface area contributed by atoms with Crippen molar-refractivity contribution < 1.29 is 136 Å². The molecule has 0 amide bonds. The van der Waals surface area contributed by atoms with Crippen LogP contribution in [0.1, 0.15) is 35.6 Å². The number of phosphoric ester groups is 1. The second-order valence-corrected chi connectivity index (χ2v) is 12.6. The van der Waals surface area contributed by atoms with E-state index in [0.29, 0.717) is 28.2 Å². The quantitative estimate of drug-likeness (QED) is 0.155. The van der Waals surface area contributed by atoms with E-state index in [4.69, 9.17) is 42.6 Å². The first-order chi connectivity index (χ1) is 22.0. The Labute approximate surface area is 319 Å². The molecule has 4 aliphatic heterocycles. The molecule has 0 spiro atoms. The number of aliphatic hydroxyl groups excluding tert-OH is 2. The molecule has 16 nitrogen and oxygen atoms in total. The minimum absolute atomic E-state index is 0. The summed E-state index contributed by atoms with van der Waals surface area (Å²) in [5.74, 6) is -2.66. The second kappa shape index (κ2) is 14.8. The molecule has 5 aliphatic rings. The van der Waals surface area contributed by atoms with Gasteiger partial charge in [-0.05, 0) is 47.9 Å². The Hall–Kier alpha value is -1.18. The Bertz CT molecular complexity index is 1540. The van der Waals surface area contributed by atoms with Gasteiger partial charge >= 0.3 is 65.1 Å². The van der Waals surface area contributed by atoms with Crippen LogP contribution in [0.25, 0.3) is 0 Å². The van der Waals surface area contributed by atoms with Gasteiger partial charge in [-0.2, -0.15) is 0 Å². The summed E-state index contributed by atoms with van der Waals surface area (Å²) in [5.41, 5.74) is 1.57. The van der Waals surface area contributed by atoms with Crippen molar-refractivity contribution in [3.8, 4) is 28.7 Å². The number of aliphatic hydroxyl groups is 2. The zero-order chi connectivity index (χ0) is 32.5. The summed E-state index contributed by atoms with van der Waals surface area (Å²) >= 11 is 0. The Morgan fingerprint density at radius 3 is 2.17 bits per heavy atom. The Kier molecular flexibility index (Phi) is 11.7. The molecule has 250 valence electrons. The standard InChI is InChI=1S/C29H33O16P.2Na/c1-11-38-9-20-27(42-11)23(30)24(31)29(43-20)44-25-14-7-17-16(40-10-41-17)6-13(14)21(22-15(25)8-39-28(22)32)12-4-18(36-2)26(19(5-12)37-3)45-46(33,34)35;;/h4-7,11,15,20-25,27,29-31H,8-10H2,1-3H3,(H2,33,34,35);;/q;2*+1/p-2/t11-,15+,20?,21-,22+,23-,24-,25?,27?,29+;;/m1../s1. The fraction of sp³-hybridized carbons (Fsp3) is 0.552. The van der Waals surface area contributed by atoms with Gasteiger partial charge in [0.1, 0.15) is 32.2 Å². The number of ether oxygens (including phenoxy) is 9. The van der Waals surface area contributed by atoms with Crippen LogP contribution in [-0.4, -0.2) is 87.4 Å². The normalized spacial score (nSPS) is 33.2. The van der Waals surface area contributed by atoms with Gasteiger partial charge in [0.15, 0.2) is 35.6 Å². The van der Waals surface area contributed by atoms with Crippen molar-refractivity contribution in [2.75, 3.05) is 34.2 Å². The molecule has 4 heterocycles. The van der Waals surface area contributed by atoms with Crippen LogP contribution >= 0.6 is 7.82 Å². The molecule has 2 aromatic rings. The number of hydrogen-bond donors (Lipinski definition) is 2. The van der Waals surface area contributed by atoms with Crippen LogP contribution < -0.4 is 92.4 Å². The van der Waals surface area contributed by atoms with Crippen LogP contribution in [0, 0.1) is 11.8 Å². The van der Waals surface area contributed by atoms with E-state index in [0.717, 1.165) is 0 Å². The van der Waals surface area contributed by atoms with E-state index in [1.54, 1.807) is 19.1 Å². The maximum atomic E-state index is 13.5. The van der Waals surface area contributed by atoms with Crippen molar-refractivity contribution in [3.63, 3.8) is 0 Å². The molecule has 3 fully saturated rings. The van der Waals surface area contributed by atoms with E-state index in [9.17, 15) is 29.4 Å².